The molecular weight excluding hydrogens is 412 g/mol. The van der Waals surface area contributed by atoms with E-state index in [2.05, 4.69) is 10.5 Å². The van der Waals surface area contributed by atoms with E-state index < -0.39 is 11.9 Å². The number of carbonyl (C=O) groups is 2. The Morgan fingerprint density at radius 1 is 1.31 bits per heavy atom. The topological polar surface area (TPSA) is 81.4 Å². The molecule has 0 fully saturated rings. The minimum Gasteiger partial charge on any atom is -0.462 e. The number of amides is 1. The predicted molar refractivity (Wildman–Crippen MR) is 114 cm³/mol. The molecule has 0 atom stereocenters. The summed E-state index contributed by atoms with van der Waals surface area (Å²) in [6.45, 7) is 7.68. The first-order valence-corrected chi connectivity index (χ1v) is 10.4. The van der Waals surface area contributed by atoms with Crippen molar-refractivity contribution < 1.29 is 18.8 Å². The van der Waals surface area contributed by atoms with Gasteiger partial charge in [0.05, 0.1) is 17.2 Å². The van der Waals surface area contributed by atoms with Gasteiger partial charge in [0.25, 0.3) is 5.91 Å². The Balaban J connectivity index is 1.99. The first-order valence-electron chi connectivity index (χ1n) is 9.16. The van der Waals surface area contributed by atoms with Crippen LogP contribution in [0.2, 0.25) is 5.02 Å². The summed E-state index contributed by atoms with van der Waals surface area (Å²) in [5.41, 5.74) is 1.55. The fraction of sp³-hybridized carbons (Fsp3) is 0.286. The van der Waals surface area contributed by atoms with E-state index in [9.17, 15) is 9.59 Å². The largest absolute Gasteiger partial charge is 0.462 e. The lowest BCUT2D eigenvalue weighted by molar-refractivity contribution is 0.0528. The first kappa shape index (κ1) is 21.1. The average molecular weight is 433 g/mol. The molecule has 3 rings (SSSR count). The van der Waals surface area contributed by atoms with Gasteiger partial charge in [-0.1, -0.05) is 48.8 Å². The SMILES string of the molecule is CCOC(=O)c1cc(C(C)C)sc1NC(=O)c1c(-c2ccccc2Cl)noc1C. The molecule has 0 radical (unpaired) electrons. The number of aryl methyl sites for hydroxylation is 1. The maximum atomic E-state index is 13.1. The summed E-state index contributed by atoms with van der Waals surface area (Å²) in [6.07, 6.45) is 0. The lowest BCUT2D eigenvalue weighted by Crippen LogP contribution is -2.15. The summed E-state index contributed by atoms with van der Waals surface area (Å²) >= 11 is 7.62. The second-order valence-corrected chi connectivity index (χ2v) is 8.15. The molecule has 0 saturated heterocycles. The van der Waals surface area contributed by atoms with Crippen molar-refractivity contribution in [1.29, 1.82) is 0 Å². The van der Waals surface area contributed by atoms with Crippen LogP contribution in [-0.2, 0) is 4.74 Å². The fourth-order valence-electron chi connectivity index (χ4n) is 2.79. The Labute approximate surface area is 177 Å². The zero-order chi connectivity index (χ0) is 21.1. The highest BCUT2D eigenvalue weighted by atomic mass is 35.5. The van der Waals surface area contributed by atoms with Gasteiger partial charge in [-0.05, 0) is 31.9 Å². The van der Waals surface area contributed by atoms with Crippen LogP contribution in [0.3, 0.4) is 0 Å². The highest BCUT2D eigenvalue weighted by Gasteiger charge is 2.26. The number of benzene rings is 1. The zero-order valence-corrected chi connectivity index (χ0v) is 18.1. The number of hydrogen-bond donors (Lipinski definition) is 1. The van der Waals surface area contributed by atoms with E-state index >= 15 is 0 Å². The quantitative estimate of drug-likeness (QED) is 0.489. The molecule has 29 heavy (non-hydrogen) atoms. The molecule has 2 heterocycles. The van der Waals surface area contributed by atoms with Crippen molar-refractivity contribution in [3.63, 3.8) is 0 Å². The Hall–Kier alpha value is -2.64. The van der Waals surface area contributed by atoms with Crippen molar-refractivity contribution in [2.45, 2.75) is 33.6 Å². The Morgan fingerprint density at radius 2 is 2.03 bits per heavy atom. The molecule has 1 amide bonds. The van der Waals surface area contributed by atoms with Gasteiger partial charge in [0.15, 0.2) is 0 Å². The van der Waals surface area contributed by atoms with Gasteiger partial charge >= 0.3 is 5.97 Å². The van der Waals surface area contributed by atoms with Crippen LogP contribution in [0.15, 0.2) is 34.9 Å². The van der Waals surface area contributed by atoms with Crippen LogP contribution in [0.4, 0.5) is 5.00 Å². The summed E-state index contributed by atoms with van der Waals surface area (Å²) < 4.78 is 10.4. The molecule has 8 heteroatoms. The van der Waals surface area contributed by atoms with E-state index in [1.807, 2.05) is 13.8 Å². The Kier molecular flexibility index (Phi) is 6.39. The average Bonchev–Trinajstić information content (AvgIpc) is 3.26. The number of thiophene rings is 1. The van der Waals surface area contributed by atoms with Crippen molar-refractivity contribution in [3.05, 3.63) is 57.1 Å². The predicted octanol–water partition coefficient (Wildman–Crippen LogP) is 5.92. The van der Waals surface area contributed by atoms with Crippen LogP contribution >= 0.6 is 22.9 Å². The molecule has 6 nitrogen and oxygen atoms in total. The molecule has 1 aromatic carbocycles. The highest BCUT2D eigenvalue weighted by molar-refractivity contribution is 7.16. The number of nitrogens with one attached hydrogen (secondary N) is 1. The van der Waals surface area contributed by atoms with Crippen molar-refractivity contribution in [1.82, 2.24) is 5.16 Å². The number of carbonyl (C=O) groups excluding carboxylic acids is 2. The van der Waals surface area contributed by atoms with Crippen LogP contribution in [0.5, 0.6) is 0 Å². The number of anilines is 1. The van der Waals surface area contributed by atoms with Crippen molar-refractivity contribution in [2.75, 3.05) is 11.9 Å². The third-order valence-electron chi connectivity index (χ3n) is 4.26. The van der Waals surface area contributed by atoms with Crippen LogP contribution in [0.1, 0.15) is 58.0 Å². The standard InChI is InChI=1S/C21H21ClN2O4S/c1-5-27-21(26)14-10-16(11(2)3)29-20(14)23-19(25)17-12(4)28-24-18(17)13-8-6-7-9-15(13)22/h6-11H,5H2,1-4H3,(H,23,25). The zero-order valence-electron chi connectivity index (χ0n) is 16.5. The molecule has 0 spiro atoms. The molecule has 3 aromatic rings. The number of aromatic nitrogens is 1. The fourth-order valence-corrected chi connectivity index (χ4v) is 4.06. The molecular formula is C21H21ClN2O4S. The third kappa shape index (κ3) is 4.36. The van der Waals surface area contributed by atoms with Gasteiger partial charge in [0.2, 0.25) is 0 Å². The number of halogens is 1. The maximum absolute atomic E-state index is 13.1. The van der Waals surface area contributed by atoms with Crippen LogP contribution in [0, 0.1) is 6.92 Å². The molecule has 0 bridgehead atoms. The van der Waals surface area contributed by atoms with Crippen molar-refractivity contribution >= 4 is 39.8 Å². The number of nitrogens with zero attached hydrogens (tertiary/aromatic N) is 1. The number of ether oxygens (including phenoxy) is 1. The monoisotopic (exact) mass is 432 g/mol. The first-order chi connectivity index (χ1) is 13.8. The van der Waals surface area contributed by atoms with Gasteiger partial charge in [0, 0.05) is 10.4 Å². The van der Waals surface area contributed by atoms with Crippen molar-refractivity contribution in [2.24, 2.45) is 0 Å². The van der Waals surface area contributed by atoms with Gasteiger partial charge in [-0.2, -0.15) is 0 Å². The maximum Gasteiger partial charge on any atom is 0.341 e. The van der Waals surface area contributed by atoms with E-state index in [0.29, 0.717) is 32.6 Å². The van der Waals surface area contributed by atoms with Gasteiger partial charge in [-0.15, -0.1) is 11.3 Å². The van der Waals surface area contributed by atoms with E-state index in [1.165, 1.54) is 11.3 Å². The molecule has 2 aromatic heterocycles. The van der Waals surface area contributed by atoms with Gasteiger partial charge in [-0.25, -0.2) is 4.79 Å². The summed E-state index contributed by atoms with van der Waals surface area (Å²) in [5, 5.41) is 7.75. The summed E-state index contributed by atoms with van der Waals surface area (Å²) in [7, 11) is 0. The molecule has 1 N–H and O–H groups in total. The normalized spacial score (nSPS) is 11.0. The molecule has 0 aliphatic carbocycles. The summed E-state index contributed by atoms with van der Waals surface area (Å²) in [5.74, 6) is -0.341. The summed E-state index contributed by atoms with van der Waals surface area (Å²) in [4.78, 5) is 26.4. The van der Waals surface area contributed by atoms with Gasteiger partial charge < -0.3 is 14.6 Å². The van der Waals surface area contributed by atoms with E-state index in [4.69, 9.17) is 20.9 Å². The molecule has 0 unspecified atom stereocenters. The van der Waals surface area contributed by atoms with Crippen LogP contribution in [-0.4, -0.2) is 23.6 Å². The van der Waals surface area contributed by atoms with Crippen molar-refractivity contribution in [3.8, 4) is 11.3 Å². The highest BCUT2D eigenvalue weighted by Crippen LogP contribution is 2.35. The van der Waals surface area contributed by atoms with Crippen LogP contribution in [0.25, 0.3) is 11.3 Å². The molecule has 152 valence electrons. The number of rotatable bonds is 6. The minimum absolute atomic E-state index is 0.204. The van der Waals surface area contributed by atoms with E-state index in [1.54, 1.807) is 44.2 Å². The van der Waals surface area contributed by atoms with Gasteiger partial charge in [0.1, 0.15) is 22.0 Å². The van der Waals surface area contributed by atoms with Gasteiger partial charge in [-0.3, -0.25) is 4.79 Å². The molecule has 0 aliphatic rings. The third-order valence-corrected chi connectivity index (χ3v) is 5.94. The van der Waals surface area contributed by atoms with Crippen LogP contribution < -0.4 is 5.32 Å². The molecule has 0 aliphatic heterocycles. The lowest BCUT2D eigenvalue weighted by Gasteiger charge is -2.07. The Morgan fingerprint density at radius 3 is 2.69 bits per heavy atom. The summed E-state index contributed by atoms with van der Waals surface area (Å²) in [6, 6.07) is 8.85. The lowest BCUT2D eigenvalue weighted by atomic mass is 10.1. The minimum atomic E-state index is -0.473. The second kappa shape index (κ2) is 8.80. The van der Waals surface area contributed by atoms with E-state index in [-0.39, 0.29) is 18.1 Å². The number of hydrogen-bond acceptors (Lipinski definition) is 6. The second-order valence-electron chi connectivity index (χ2n) is 6.66. The smallest absolute Gasteiger partial charge is 0.341 e. The molecule has 0 saturated carbocycles. The Bertz CT molecular complexity index is 1050. The van der Waals surface area contributed by atoms with E-state index in [0.717, 1.165) is 4.88 Å². The number of esters is 1.